The minimum atomic E-state index is -1.04. The second kappa shape index (κ2) is 26.3. The van der Waals surface area contributed by atoms with Crippen LogP contribution in [0.4, 0.5) is 5.69 Å². The molecule has 3 N–H and O–H groups in total. The number of benzene rings is 2. The van der Waals surface area contributed by atoms with Gasteiger partial charge in [0.15, 0.2) is 0 Å². The predicted molar refractivity (Wildman–Crippen MR) is 247 cm³/mol. The van der Waals surface area contributed by atoms with Crippen molar-refractivity contribution in [2.75, 3.05) is 25.6 Å². The molecule has 61 heavy (non-hydrogen) atoms. The normalized spacial score (nSPS) is 23.5. The summed E-state index contributed by atoms with van der Waals surface area (Å²) in [6, 6.07) is 11.8. The summed E-state index contributed by atoms with van der Waals surface area (Å²) >= 11 is 1.89. The molecule has 11 heteroatoms. The van der Waals surface area contributed by atoms with E-state index >= 15 is 0 Å². The number of nitro groups is 1. The van der Waals surface area contributed by atoms with Crippen molar-refractivity contribution in [3.63, 3.8) is 0 Å². The maximum atomic E-state index is 11.3. The zero-order valence-corrected chi connectivity index (χ0v) is 37.7. The Labute approximate surface area is 369 Å². The molecule has 338 valence electrons. The highest BCUT2D eigenvalue weighted by atomic mass is 32.2. The van der Waals surface area contributed by atoms with Crippen molar-refractivity contribution in [3.05, 3.63) is 88.0 Å². The Morgan fingerprint density at radius 2 is 1.52 bits per heavy atom. The molecule has 1 saturated carbocycles. The number of aliphatic hydroxyl groups excluding tert-OH is 2. The van der Waals surface area contributed by atoms with Gasteiger partial charge in [0.05, 0.1) is 28.4 Å². The monoisotopic (exact) mass is 863 g/mol. The molecule has 2 aromatic carbocycles. The van der Waals surface area contributed by atoms with Crippen molar-refractivity contribution in [3.8, 4) is 11.5 Å². The van der Waals surface area contributed by atoms with E-state index in [0.717, 1.165) is 66.0 Å². The van der Waals surface area contributed by atoms with Gasteiger partial charge in [0.2, 0.25) is 5.79 Å². The number of phenols is 1. The fourth-order valence-corrected chi connectivity index (χ4v) is 11.3. The summed E-state index contributed by atoms with van der Waals surface area (Å²) in [5.74, 6) is 0.773. The number of hydrogen-bond donors (Lipinski definition) is 3. The smallest absolute Gasteiger partial charge is 0.269 e. The maximum absolute atomic E-state index is 11.3. The molecule has 0 aromatic heterocycles. The third kappa shape index (κ3) is 13.8. The Kier molecular flexibility index (Phi) is 21.0. The largest absolute Gasteiger partial charge is 0.508 e. The van der Waals surface area contributed by atoms with Crippen LogP contribution in [0.3, 0.4) is 0 Å². The Morgan fingerprint density at radius 1 is 0.885 bits per heavy atom. The van der Waals surface area contributed by atoms with Gasteiger partial charge in [-0.2, -0.15) is 11.8 Å². The Morgan fingerprint density at radius 3 is 2.15 bits per heavy atom. The van der Waals surface area contributed by atoms with Crippen LogP contribution in [0.1, 0.15) is 159 Å². The number of nitro benzene ring substituents is 1. The average molecular weight is 863 g/mol. The number of rotatable bonds is 31. The van der Waals surface area contributed by atoms with Crippen LogP contribution < -0.4 is 4.74 Å². The van der Waals surface area contributed by atoms with E-state index in [1.807, 2.05) is 23.9 Å². The topological polar surface area (TPSA) is 144 Å². The first-order valence-electron chi connectivity index (χ1n) is 23.6. The third-order valence-electron chi connectivity index (χ3n) is 13.0. The molecular formula is C50H74N2O8S. The standard InChI is InChI=1S/C50H74N2O8S/c1-3-5-6-7-8-9-10-11-12-13-14-15-16-21-33-61-47-36-45(51-59-37-38-24-26-40(27-25-38)52(56)57)43-34-39(22-17-19-30-53)42(23-18-20-31-54)48-44-35-41(55)28-29-46(44)60-50(47,49(43)48)58-32-4-2/h4,24-29,34-35,39,42,47-49,53-55H,2-3,5-23,30-33,36-37H2,1H3. The second-order valence-corrected chi connectivity index (χ2v) is 18.7. The van der Waals surface area contributed by atoms with Crippen molar-refractivity contribution in [2.45, 2.75) is 165 Å². The van der Waals surface area contributed by atoms with Crippen LogP contribution >= 0.6 is 11.8 Å². The van der Waals surface area contributed by atoms with Gasteiger partial charge in [-0.25, -0.2) is 0 Å². The minimum absolute atomic E-state index is 0.0275. The van der Waals surface area contributed by atoms with E-state index < -0.39 is 10.7 Å². The van der Waals surface area contributed by atoms with Crippen molar-refractivity contribution < 1.29 is 34.6 Å². The lowest BCUT2D eigenvalue weighted by Gasteiger charge is -2.58. The number of non-ortho nitro benzene ring substituents is 1. The summed E-state index contributed by atoms with van der Waals surface area (Å²) in [5, 5.41) is 46.6. The average Bonchev–Trinajstić information content (AvgIpc) is 3.26. The molecule has 5 rings (SSSR count). The lowest BCUT2D eigenvalue weighted by Crippen LogP contribution is -2.64. The molecule has 0 saturated heterocycles. The van der Waals surface area contributed by atoms with E-state index in [1.54, 1.807) is 24.3 Å². The lowest BCUT2D eigenvalue weighted by molar-refractivity contribution is -0.384. The molecule has 10 nitrogen and oxygen atoms in total. The third-order valence-corrected chi connectivity index (χ3v) is 14.4. The highest BCUT2D eigenvalue weighted by Crippen LogP contribution is 2.62. The molecule has 6 atom stereocenters. The van der Waals surface area contributed by atoms with Gasteiger partial charge in [0.25, 0.3) is 5.69 Å². The van der Waals surface area contributed by atoms with Gasteiger partial charge in [-0.3, -0.25) is 10.1 Å². The van der Waals surface area contributed by atoms with Crippen LogP contribution in [0, 0.1) is 27.9 Å². The molecule has 1 heterocycles. The van der Waals surface area contributed by atoms with Gasteiger partial charge in [-0.05, 0) is 91.2 Å². The molecule has 0 bridgehead atoms. The molecule has 0 spiro atoms. The molecular weight excluding hydrogens is 789 g/mol. The van der Waals surface area contributed by atoms with Gasteiger partial charge >= 0.3 is 0 Å². The van der Waals surface area contributed by atoms with E-state index in [2.05, 4.69) is 19.6 Å². The minimum Gasteiger partial charge on any atom is -0.508 e. The second-order valence-electron chi connectivity index (χ2n) is 17.4. The fraction of sp³-hybridized carbons (Fsp3) is 0.660. The highest BCUT2D eigenvalue weighted by Gasteiger charge is 2.63. The first-order valence-corrected chi connectivity index (χ1v) is 24.7. The van der Waals surface area contributed by atoms with Gasteiger partial charge in [0.1, 0.15) is 18.1 Å². The number of aromatic hydroxyl groups is 1. The van der Waals surface area contributed by atoms with Crippen LogP contribution in [0.15, 0.2) is 71.9 Å². The number of unbranched alkanes of at least 4 members (excludes halogenated alkanes) is 15. The zero-order valence-electron chi connectivity index (χ0n) is 36.9. The summed E-state index contributed by atoms with van der Waals surface area (Å²) in [6.07, 6.45) is 28.0. The van der Waals surface area contributed by atoms with E-state index in [1.165, 1.54) is 95.6 Å². The first-order chi connectivity index (χ1) is 29.9. The van der Waals surface area contributed by atoms with Gasteiger partial charge < -0.3 is 29.6 Å². The molecule has 0 amide bonds. The number of ether oxygens (including phenoxy) is 2. The predicted octanol–water partition coefficient (Wildman–Crippen LogP) is 12.3. The van der Waals surface area contributed by atoms with Crippen molar-refractivity contribution in [1.82, 2.24) is 0 Å². The van der Waals surface area contributed by atoms with Crippen LogP contribution in [0.5, 0.6) is 11.5 Å². The zero-order chi connectivity index (χ0) is 43.3. The van der Waals surface area contributed by atoms with Crippen molar-refractivity contribution >= 4 is 23.2 Å². The number of phenolic OH excluding ortho intramolecular Hbond substituents is 1. The quantitative estimate of drug-likeness (QED) is 0.0292. The number of oxime groups is 1. The Hall–Kier alpha value is -3.38. The number of aliphatic hydroxyl groups is 2. The summed E-state index contributed by atoms with van der Waals surface area (Å²) < 4.78 is 14.2. The van der Waals surface area contributed by atoms with E-state index in [4.69, 9.17) is 19.5 Å². The van der Waals surface area contributed by atoms with Crippen molar-refractivity contribution in [2.24, 2.45) is 22.9 Å². The number of allylic oxidation sites excluding steroid dienone is 1. The number of hydrogen-bond acceptors (Lipinski definition) is 10. The maximum Gasteiger partial charge on any atom is 0.269 e. The van der Waals surface area contributed by atoms with Crippen LogP contribution in [-0.4, -0.2) is 62.6 Å². The molecule has 2 aromatic rings. The Balaban J connectivity index is 1.39. The molecule has 1 aliphatic heterocycles. The van der Waals surface area contributed by atoms with E-state index in [0.29, 0.717) is 25.9 Å². The summed E-state index contributed by atoms with van der Waals surface area (Å²) in [5.41, 5.74) is 3.65. The number of thioether (sulfide) groups is 1. The van der Waals surface area contributed by atoms with Gasteiger partial charge in [-0.1, -0.05) is 121 Å². The molecule has 1 fully saturated rings. The first kappa shape index (κ1) is 48.6. The van der Waals surface area contributed by atoms with Crippen molar-refractivity contribution in [1.29, 1.82) is 0 Å². The fourth-order valence-electron chi connectivity index (χ4n) is 9.91. The van der Waals surface area contributed by atoms with Gasteiger partial charge in [0, 0.05) is 43.2 Å². The van der Waals surface area contributed by atoms with Crippen LogP contribution in [0.2, 0.25) is 0 Å². The molecule has 6 unspecified atom stereocenters. The van der Waals surface area contributed by atoms with Gasteiger partial charge in [-0.15, -0.1) is 6.58 Å². The van der Waals surface area contributed by atoms with Crippen LogP contribution in [-0.2, 0) is 16.2 Å². The number of fused-ring (bicyclic) bond motifs is 2. The summed E-state index contributed by atoms with van der Waals surface area (Å²) in [7, 11) is 0. The highest BCUT2D eigenvalue weighted by molar-refractivity contribution is 8.00. The molecule has 2 aliphatic carbocycles. The summed E-state index contributed by atoms with van der Waals surface area (Å²) in [6.45, 7) is 7.04. The molecule has 0 radical (unpaired) electrons. The number of nitrogens with zero attached hydrogens (tertiary/aromatic N) is 2. The lowest BCUT2D eigenvalue weighted by atomic mass is 9.56. The van der Waals surface area contributed by atoms with E-state index in [-0.39, 0.29) is 60.2 Å². The Bertz CT molecular complexity index is 1680. The van der Waals surface area contributed by atoms with E-state index in [9.17, 15) is 25.4 Å². The van der Waals surface area contributed by atoms with Crippen LogP contribution in [0.25, 0.3) is 0 Å². The molecule has 3 aliphatic rings. The SMILES string of the molecule is C=CCOC12Oc3ccc(O)cc3C3C(CCCCO)C(CCCCO)C=C(C(=NOCc4ccc([N+](=O)[O-])cc4)CC1SCCCCCCCCCCCCCCCC)C32. The summed E-state index contributed by atoms with van der Waals surface area (Å²) in [4.78, 5) is 17.0.